The lowest BCUT2D eigenvalue weighted by atomic mass is 10.1. The van der Waals surface area contributed by atoms with E-state index in [1.54, 1.807) is 29.2 Å². The van der Waals surface area contributed by atoms with Gasteiger partial charge in [-0.2, -0.15) is 0 Å². The normalized spacial score (nSPS) is 12.0. The number of hydrogen-bond donors (Lipinski definition) is 1. The van der Waals surface area contributed by atoms with Crippen molar-refractivity contribution in [1.29, 1.82) is 0 Å². The molecule has 0 heterocycles. The van der Waals surface area contributed by atoms with Crippen LogP contribution in [-0.4, -0.2) is 34.6 Å². The lowest BCUT2D eigenvalue weighted by Crippen LogP contribution is -2.51. The van der Waals surface area contributed by atoms with Gasteiger partial charge in [0.25, 0.3) is 0 Å². The summed E-state index contributed by atoms with van der Waals surface area (Å²) in [4.78, 5) is 27.6. The van der Waals surface area contributed by atoms with Crippen LogP contribution in [0, 0.1) is 0 Å². The predicted molar refractivity (Wildman–Crippen MR) is 132 cm³/mol. The van der Waals surface area contributed by atoms with Crippen molar-refractivity contribution >= 4 is 58.4 Å². The van der Waals surface area contributed by atoms with E-state index in [1.807, 2.05) is 39.0 Å². The Bertz CT molecular complexity index is 888. The van der Waals surface area contributed by atoms with Gasteiger partial charge in [-0.1, -0.05) is 66.0 Å². The SMILES string of the molecule is CCC(C(=O)NC(C)C)N(Cc1ccccc1Cl)C(=O)CSCc1c(Cl)cccc1Cl. The molecule has 2 rings (SSSR count). The van der Waals surface area contributed by atoms with E-state index in [0.717, 1.165) is 11.1 Å². The number of benzene rings is 2. The summed E-state index contributed by atoms with van der Waals surface area (Å²) in [5.74, 6) is 0.382. The monoisotopic (exact) mass is 500 g/mol. The molecule has 0 bridgehead atoms. The minimum absolute atomic E-state index is 0.0180. The van der Waals surface area contributed by atoms with Gasteiger partial charge in [0.1, 0.15) is 6.04 Å². The van der Waals surface area contributed by atoms with Crippen molar-refractivity contribution < 1.29 is 9.59 Å². The molecule has 2 amide bonds. The molecule has 0 aliphatic rings. The third kappa shape index (κ3) is 7.60. The first-order chi connectivity index (χ1) is 14.7. The number of amides is 2. The zero-order chi connectivity index (χ0) is 23.0. The summed E-state index contributed by atoms with van der Waals surface area (Å²) in [6.07, 6.45) is 0.496. The van der Waals surface area contributed by atoms with Crippen molar-refractivity contribution in [2.45, 2.75) is 51.6 Å². The third-order valence-corrected chi connectivity index (χ3v) is 6.67. The molecule has 0 saturated heterocycles. The average molecular weight is 502 g/mol. The lowest BCUT2D eigenvalue weighted by Gasteiger charge is -2.31. The maximum atomic E-state index is 13.2. The smallest absolute Gasteiger partial charge is 0.243 e. The summed E-state index contributed by atoms with van der Waals surface area (Å²) in [6, 6.07) is 12.1. The fourth-order valence-electron chi connectivity index (χ4n) is 3.10. The predicted octanol–water partition coefficient (Wildman–Crippen LogP) is 6.21. The fourth-order valence-corrected chi connectivity index (χ4v) is 4.95. The number of halogens is 3. The maximum absolute atomic E-state index is 13.2. The zero-order valence-electron chi connectivity index (χ0n) is 17.8. The Morgan fingerprint density at radius 2 is 1.61 bits per heavy atom. The van der Waals surface area contributed by atoms with Crippen LogP contribution in [0.5, 0.6) is 0 Å². The van der Waals surface area contributed by atoms with Crippen molar-refractivity contribution in [3.8, 4) is 0 Å². The van der Waals surface area contributed by atoms with Crippen molar-refractivity contribution in [3.63, 3.8) is 0 Å². The summed E-state index contributed by atoms with van der Waals surface area (Å²) >= 11 is 20.2. The highest BCUT2D eigenvalue weighted by molar-refractivity contribution is 7.99. The highest BCUT2D eigenvalue weighted by Crippen LogP contribution is 2.29. The molecule has 1 N–H and O–H groups in total. The molecule has 0 aliphatic carbocycles. The van der Waals surface area contributed by atoms with Crippen LogP contribution in [0.2, 0.25) is 15.1 Å². The zero-order valence-corrected chi connectivity index (χ0v) is 20.9. The summed E-state index contributed by atoms with van der Waals surface area (Å²) < 4.78 is 0. The van der Waals surface area contributed by atoms with E-state index < -0.39 is 6.04 Å². The van der Waals surface area contributed by atoms with Crippen LogP contribution >= 0.6 is 46.6 Å². The number of rotatable bonds is 10. The molecule has 0 aromatic heterocycles. The van der Waals surface area contributed by atoms with Gasteiger partial charge < -0.3 is 10.2 Å². The van der Waals surface area contributed by atoms with Gasteiger partial charge in [0.05, 0.1) is 5.75 Å². The molecule has 8 heteroatoms. The van der Waals surface area contributed by atoms with Gasteiger partial charge in [-0.05, 0) is 49.6 Å². The Hall–Kier alpha value is -1.40. The van der Waals surface area contributed by atoms with Gasteiger partial charge in [0.2, 0.25) is 11.8 Å². The van der Waals surface area contributed by atoms with Crippen molar-refractivity contribution in [2.75, 3.05) is 5.75 Å². The second kappa shape index (κ2) is 12.6. The molecule has 1 atom stereocenters. The van der Waals surface area contributed by atoms with Gasteiger partial charge in [-0.15, -0.1) is 11.8 Å². The number of carbonyl (C=O) groups excluding carboxylic acids is 2. The summed E-state index contributed by atoms with van der Waals surface area (Å²) in [5, 5.41) is 4.63. The molecule has 0 aliphatic heterocycles. The van der Waals surface area contributed by atoms with Crippen LogP contribution in [0.1, 0.15) is 38.3 Å². The van der Waals surface area contributed by atoms with Gasteiger partial charge in [0, 0.05) is 33.4 Å². The summed E-state index contributed by atoms with van der Waals surface area (Å²) in [6.45, 7) is 5.95. The highest BCUT2D eigenvalue weighted by atomic mass is 35.5. The van der Waals surface area contributed by atoms with Crippen LogP contribution in [0.15, 0.2) is 42.5 Å². The molecule has 168 valence electrons. The molecule has 1 unspecified atom stereocenters. The van der Waals surface area contributed by atoms with Crippen molar-refractivity contribution in [1.82, 2.24) is 10.2 Å². The van der Waals surface area contributed by atoms with Crippen LogP contribution < -0.4 is 5.32 Å². The topological polar surface area (TPSA) is 49.4 Å². The van der Waals surface area contributed by atoms with Gasteiger partial charge in [-0.25, -0.2) is 0 Å². The van der Waals surface area contributed by atoms with Gasteiger partial charge in [0.15, 0.2) is 0 Å². The number of hydrogen-bond acceptors (Lipinski definition) is 3. The third-order valence-electron chi connectivity index (χ3n) is 4.65. The first-order valence-electron chi connectivity index (χ1n) is 10.1. The van der Waals surface area contributed by atoms with Crippen LogP contribution in [0.25, 0.3) is 0 Å². The van der Waals surface area contributed by atoms with Crippen LogP contribution in [0.3, 0.4) is 0 Å². The standard InChI is InChI=1S/C23H27Cl3N2O2S/c1-4-21(23(30)27-15(2)3)28(12-16-8-5-6-9-18(16)24)22(29)14-31-13-17-19(25)10-7-11-20(17)26/h5-11,15,21H,4,12-14H2,1-3H3,(H,27,30). The first kappa shape index (κ1) is 25.9. The fraction of sp³-hybridized carbons (Fsp3) is 0.391. The van der Waals surface area contributed by atoms with Gasteiger partial charge >= 0.3 is 0 Å². The second-order valence-corrected chi connectivity index (χ2v) is 9.60. The molecule has 0 saturated carbocycles. The molecular weight excluding hydrogens is 475 g/mol. The number of thioether (sulfide) groups is 1. The van der Waals surface area contributed by atoms with E-state index in [9.17, 15) is 9.59 Å². The lowest BCUT2D eigenvalue weighted by molar-refractivity contribution is -0.139. The quantitative estimate of drug-likeness (QED) is 0.421. The second-order valence-electron chi connectivity index (χ2n) is 7.39. The number of nitrogens with one attached hydrogen (secondary N) is 1. The van der Waals surface area contributed by atoms with E-state index in [0.29, 0.717) is 27.2 Å². The van der Waals surface area contributed by atoms with Gasteiger partial charge in [-0.3, -0.25) is 9.59 Å². The summed E-state index contributed by atoms with van der Waals surface area (Å²) in [5.41, 5.74) is 1.60. The minimum Gasteiger partial charge on any atom is -0.352 e. The summed E-state index contributed by atoms with van der Waals surface area (Å²) in [7, 11) is 0. The Kier molecular flexibility index (Phi) is 10.5. The first-order valence-corrected chi connectivity index (χ1v) is 12.4. The molecular formula is C23H27Cl3N2O2S. The average Bonchev–Trinajstić information content (AvgIpc) is 2.70. The molecule has 2 aromatic carbocycles. The Morgan fingerprint density at radius 1 is 1.00 bits per heavy atom. The molecule has 0 spiro atoms. The van der Waals surface area contributed by atoms with Crippen LogP contribution in [0.4, 0.5) is 0 Å². The highest BCUT2D eigenvalue weighted by Gasteiger charge is 2.29. The van der Waals surface area contributed by atoms with E-state index in [2.05, 4.69) is 5.32 Å². The van der Waals surface area contributed by atoms with E-state index >= 15 is 0 Å². The van der Waals surface area contributed by atoms with Crippen molar-refractivity contribution in [3.05, 3.63) is 68.7 Å². The molecule has 2 aromatic rings. The van der Waals surface area contributed by atoms with E-state index in [1.165, 1.54) is 11.8 Å². The Labute approximate surface area is 203 Å². The maximum Gasteiger partial charge on any atom is 0.243 e. The molecule has 4 nitrogen and oxygen atoms in total. The Morgan fingerprint density at radius 3 is 2.19 bits per heavy atom. The number of carbonyl (C=O) groups is 2. The Balaban J connectivity index is 2.18. The molecule has 31 heavy (non-hydrogen) atoms. The largest absolute Gasteiger partial charge is 0.352 e. The van der Waals surface area contributed by atoms with Crippen molar-refractivity contribution in [2.24, 2.45) is 0 Å². The van der Waals surface area contributed by atoms with Crippen LogP contribution in [-0.2, 0) is 21.9 Å². The molecule has 0 radical (unpaired) electrons. The number of nitrogens with zero attached hydrogens (tertiary/aromatic N) is 1. The molecule has 0 fully saturated rings. The van der Waals surface area contributed by atoms with E-state index in [-0.39, 0.29) is 30.2 Å². The van der Waals surface area contributed by atoms with E-state index in [4.69, 9.17) is 34.8 Å². The minimum atomic E-state index is -0.587.